The largest absolute Gasteiger partial charge is 0.325 e. The molecule has 4 amide bonds. The van der Waals surface area contributed by atoms with Crippen LogP contribution in [0, 0.1) is 17.2 Å². The van der Waals surface area contributed by atoms with Crippen molar-refractivity contribution < 1.29 is 14.4 Å². The molecule has 0 aliphatic carbocycles. The first kappa shape index (κ1) is 19.4. The summed E-state index contributed by atoms with van der Waals surface area (Å²) in [4.78, 5) is 37.9. The smallest absolute Gasteiger partial charge is 0.325 e. The van der Waals surface area contributed by atoms with E-state index in [0.717, 1.165) is 16.9 Å². The van der Waals surface area contributed by atoms with Crippen LogP contribution in [0.15, 0.2) is 24.3 Å². The highest BCUT2D eigenvalue weighted by Crippen LogP contribution is 2.24. The van der Waals surface area contributed by atoms with Crippen molar-refractivity contribution in [2.75, 3.05) is 11.9 Å². The summed E-state index contributed by atoms with van der Waals surface area (Å²) >= 11 is 0. The molecule has 1 aromatic rings. The number of nitrogens with one attached hydrogen (secondary N) is 2. The van der Waals surface area contributed by atoms with E-state index in [1.165, 1.54) is 0 Å². The average molecular weight is 356 g/mol. The van der Waals surface area contributed by atoms with Crippen LogP contribution >= 0.6 is 0 Å². The zero-order valence-electron chi connectivity index (χ0n) is 15.3. The van der Waals surface area contributed by atoms with Gasteiger partial charge in [0.05, 0.1) is 12.5 Å². The lowest BCUT2D eigenvalue weighted by Crippen LogP contribution is -2.44. The summed E-state index contributed by atoms with van der Waals surface area (Å²) in [5.74, 6) is -0.407. The lowest BCUT2D eigenvalue weighted by Gasteiger charge is -2.22. The first-order valence-corrected chi connectivity index (χ1v) is 8.65. The molecule has 26 heavy (non-hydrogen) atoms. The van der Waals surface area contributed by atoms with Crippen LogP contribution in [0.25, 0.3) is 0 Å². The quantitative estimate of drug-likeness (QED) is 0.732. The van der Waals surface area contributed by atoms with Crippen LogP contribution in [0.2, 0.25) is 0 Å². The Morgan fingerprint density at radius 1 is 1.31 bits per heavy atom. The third kappa shape index (κ3) is 4.60. The van der Waals surface area contributed by atoms with E-state index in [9.17, 15) is 14.4 Å². The second kappa shape index (κ2) is 8.00. The van der Waals surface area contributed by atoms with E-state index in [4.69, 9.17) is 5.26 Å². The Kier molecular flexibility index (Phi) is 5.98. The van der Waals surface area contributed by atoms with E-state index in [-0.39, 0.29) is 12.5 Å². The molecule has 2 N–H and O–H groups in total. The minimum Gasteiger partial charge on any atom is -0.325 e. The summed E-state index contributed by atoms with van der Waals surface area (Å²) in [6, 6.07) is 8.37. The number of rotatable bonds is 7. The molecular weight excluding hydrogens is 332 g/mol. The van der Waals surface area contributed by atoms with Crippen LogP contribution < -0.4 is 10.6 Å². The predicted molar refractivity (Wildman–Crippen MR) is 97.1 cm³/mol. The van der Waals surface area contributed by atoms with Crippen molar-refractivity contribution in [3.8, 4) is 6.07 Å². The Hall–Kier alpha value is -2.88. The maximum absolute atomic E-state index is 12.6. The van der Waals surface area contributed by atoms with Crippen molar-refractivity contribution in [3.05, 3.63) is 29.8 Å². The van der Waals surface area contributed by atoms with Gasteiger partial charge in [0.2, 0.25) is 5.91 Å². The number of amides is 4. The summed E-state index contributed by atoms with van der Waals surface area (Å²) < 4.78 is 0. The standard InChI is InChI=1S/C19H24N4O3/c1-13(2)8-10-19(3)17(25)23(18(26)22-19)12-16(24)21-15-6-4-14(5-7-15)9-11-20/h4-7,13H,8-10,12H2,1-3H3,(H,21,24)(H,22,26)/t19-/m1/s1. The van der Waals surface area contributed by atoms with Crippen LogP contribution in [-0.4, -0.2) is 34.8 Å². The fourth-order valence-electron chi connectivity index (χ4n) is 2.78. The summed E-state index contributed by atoms with van der Waals surface area (Å²) in [5, 5.41) is 14.0. The number of benzene rings is 1. The summed E-state index contributed by atoms with van der Waals surface area (Å²) in [6.45, 7) is 5.47. The van der Waals surface area contributed by atoms with Gasteiger partial charge >= 0.3 is 6.03 Å². The molecule has 1 saturated heterocycles. The number of nitriles is 1. The number of carbonyl (C=O) groups is 3. The van der Waals surface area contributed by atoms with E-state index in [0.29, 0.717) is 24.4 Å². The van der Waals surface area contributed by atoms with E-state index in [1.54, 1.807) is 31.2 Å². The normalized spacial score (nSPS) is 19.4. The highest BCUT2D eigenvalue weighted by atomic mass is 16.2. The Morgan fingerprint density at radius 3 is 2.54 bits per heavy atom. The van der Waals surface area contributed by atoms with E-state index >= 15 is 0 Å². The number of nitrogens with zero attached hydrogens (tertiary/aromatic N) is 2. The van der Waals surface area contributed by atoms with Gasteiger partial charge < -0.3 is 10.6 Å². The number of hydrogen-bond donors (Lipinski definition) is 2. The molecule has 7 nitrogen and oxygen atoms in total. The molecule has 2 rings (SSSR count). The molecule has 1 aliphatic rings. The lowest BCUT2D eigenvalue weighted by atomic mass is 9.92. The minimum absolute atomic E-state index is 0.297. The van der Waals surface area contributed by atoms with Gasteiger partial charge in [-0.25, -0.2) is 4.79 Å². The lowest BCUT2D eigenvalue weighted by molar-refractivity contribution is -0.133. The van der Waals surface area contributed by atoms with E-state index in [2.05, 4.69) is 30.6 Å². The average Bonchev–Trinajstić information content (AvgIpc) is 2.79. The second-order valence-electron chi connectivity index (χ2n) is 7.17. The van der Waals surface area contributed by atoms with Gasteiger partial charge in [0.1, 0.15) is 12.1 Å². The van der Waals surface area contributed by atoms with Gasteiger partial charge in [0.15, 0.2) is 0 Å². The Bertz CT molecular complexity index is 736. The molecule has 7 heteroatoms. The molecule has 0 saturated carbocycles. The molecule has 0 unspecified atom stereocenters. The zero-order valence-corrected chi connectivity index (χ0v) is 15.3. The first-order chi connectivity index (χ1) is 12.2. The zero-order chi connectivity index (χ0) is 19.3. The first-order valence-electron chi connectivity index (χ1n) is 8.65. The summed E-state index contributed by atoms with van der Waals surface area (Å²) in [6.07, 6.45) is 1.64. The molecule has 1 aromatic carbocycles. The van der Waals surface area contributed by atoms with Crippen molar-refractivity contribution in [1.82, 2.24) is 10.2 Å². The molecule has 1 fully saturated rings. The van der Waals surface area contributed by atoms with Crippen LogP contribution in [0.4, 0.5) is 10.5 Å². The fourth-order valence-corrected chi connectivity index (χ4v) is 2.78. The minimum atomic E-state index is -0.958. The summed E-state index contributed by atoms with van der Waals surface area (Å²) in [5.41, 5.74) is 0.437. The monoisotopic (exact) mass is 356 g/mol. The molecule has 138 valence electrons. The number of hydrogen-bond acceptors (Lipinski definition) is 4. The van der Waals surface area contributed by atoms with Gasteiger partial charge in [0.25, 0.3) is 5.91 Å². The third-order valence-electron chi connectivity index (χ3n) is 4.39. The molecular formula is C19H24N4O3. The Morgan fingerprint density at radius 2 is 1.96 bits per heavy atom. The highest BCUT2D eigenvalue weighted by molar-refractivity contribution is 6.09. The maximum Gasteiger partial charge on any atom is 0.325 e. The molecule has 0 aromatic heterocycles. The number of anilines is 1. The van der Waals surface area contributed by atoms with Crippen LogP contribution in [-0.2, 0) is 16.0 Å². The summed E-state index contributed by atoms with van der Waals surface area (Å²) in [7, 11) is 0. The molecule has 1 atom stereocenters. The van der Waals surface area contributed by atoms with Gasteiger partial charge in [0, 0.05) is 5.69 Å². The second-order valence-corrected chi connectivity index (χ2v) is 7.17. The highest BCUT2D eigenvalue weighted by Gasteiger charge is 2.47. The topological polar surface area (TPSA) is 102 Å². The predicted octanol–water partition coefficient (Wildman–Crippen LogP) is 2.44. The molecule has 0 spiro atoms. The Balaban J connectivity index is 1.97. The van der Waals surface area contributed by atoms with Crippen LogP contribution in [0.5, 0.6) is 0 Å². The third-order valence-corrected chi connectivity index (χ3v) is 4.39. The van der Waals surface area contributed by atoms with E-state index < -0.39 is 17.5 Å². The van der Waals surface area contributed by atoms with Crippen molar-refractivity contribution in [3.63, 3.8) is 0 Å². The number of urea groups is 1. The molecule has 1 heterocycles. The van der Waals surface area contributed by atoms with Crippen LogP contribution in [0.3, 0.4) is 0 Å². The molecule has 0 bridgehead atoms. The van der Waals surface area contributed by atoms with Gasteiger partial charge in [-0.2, -0.15) is 5.26 Å². The van der Waals surface area contributed by atoms with Crippen LogP contribution in [0.1, 0.15) is 39.2 Å². The van der Waals surface area contributed by atoms with Gasteiger partial charge in [-0.1, -0.05) is 26.0 Å². The van der Waals surface area contributed by atoms with Gasteiger partial charge in [-0.15, -0.1) is 0 Å². The van der Waals surface area contributed by atoms with Crippen molar-refractivity contribution >= 4 is 23.5 Å². The van der Waals surface area contributed by atoms with Gasteiger partial charge in [-0.3, -0.25) is 14.5 Å². The van der Waals surface area contributed by atoms with Crippen molar-refractivity contribution in [2.24, 2.45) is 5.92 Å². The SMILES string of the molecule is CC(C)CC[C@@]1(C)NC(=O)N(CC(=O)Nc2ccc(CC#N)cc2)C1=O. The fraction of sp³-hybridized carbons (Fsp3) is 0.474. The number of imide groups is 1. The number of carbonyl (C=O) groups excluding carboxylic acids is 3. The van der Waals surface area contributed by atoms with Crippen molar-refractivity contribution in [1.29, 1.82) is 5.26 Å². The Labute approximate surface area is 153 Å². The maximum atomic E-state index is 12.6. The van der Waals surface area contributed by atoms with Gasteiger partial charge in [-0.05, 0) is 43.4 Å². The van der Waals surface area contributed by atoms with E-state index in [1.807, 2.05) is 0 Å². The molecule has 0 radical (unpaired) electrons. The van der Waals surface area contributed by atoms with Crippen molar-refractivity contribution in [2.45, 2.75) is 45.6 Å². The molecule has 1 aliphatic heterocycles.